The number of hydrogen-bond donors (Lipinski definition) is 3. The lowest BCUT2D eigenvalue weighted by Gasteiger charge is -2.17. The highest BCUT2D eigenvalue weighted by molar-refractivity contribution is 6.33. The average Bonchev–Trinajstić information content (AvgIpc) is 2.37. The molecule has 0 bridgehead atoms. The molecule has 0 spiro atoms. The molecule has 7 heteroatoms. The summed E-state index contributed by atoms with van der Waals surface area (Å²) in [5, 5.41) is 14.1. The van der Waals surface area contributed by atoms with Gasteiger partial charge in [0.25, 0.3) is 5.91 Å². The zero-order chi connectivity index (χ0) is 14.4. The van der Waals surface area contributed by atoms with Gasteiger partial charge in [-0.15, -0.1) is 0 Å². The number of benzene rings is 1. The predicted octanol–water partition coefficient (Wildman–Crippen LogP) is 2.12. The Morgan fingerprint density at radius 3 is 2.84 bits per heavy atom. The van der Waals surface area contributed by atoms with Crippen molar-refractivity contribution in [2.75, 3.05) is 0 Å². The number of carbonyl (C=O) groups excluding carboxylic acids is 1. The van der Waals surface area contributed by atoms with E-state index in [1.54, 1.807) is 0 Å². The van der Waals surface area contributed by atoms with Crippen LogP contribution in [0.15, 0.2) is 23.4 Å². The fraction of sp³-hybridized carbons (Fsp3) is 0.333. The number of rotatable bonds is 5. The Morgan fingerprint density at radius 1 is 1.63 bits per heavy atom. The van der Waals surface area contributed by atoms with Crippen LogP contribution in [-0.4, -0.2) is 23.0 Å². The smallest absolute Gasteiger partial charge is 0.253 e. The predicted molar refractivity (Wildman–Crippen MR) is 71.0 cm³/mol. The van der Waals surface area contributed by atoms with Crippen LogP contribution in [-0.2, 0) is 0 Å². The van der Waals surface area contributed by atoms with E-state index in [0.717, 1.165) is 18.6 Å². The molecule has 104 valence electrons. The maximum Gasteiger partial charge on any atom is 0.253 e. The molecule has 0 aromatic heterocycles. The van der Waals surface area contributed by atoms with E-state index in [1.165, 1.54) is 6.07 Å². The molecule has 0 heterocycles. The molecule has 0 saturated carbocycles. The van der Waals surface area contributed by atoms with E-state index in [2.05, 4.69) is 10.5 Å². The number of halogens is 2. The number of amides is 1. The SMILES string of the molecule is CCCC(NC(=O)c1ccc(F)cc1Cl)/C(N)=N/O. The third kappa shape index (κ3) is 4.10. The van der Waals surface area contributed by atoms with E-state index in [9.17, 15) is 9.18 Å². The third-order valence-corrected chi connectivity index (χ3v) is 2.84. The van der Waals surface area contributed by atoms with Crippen LogP contribution in [0.1, 0.15) is 30.1 Å². The van der Waals surface area contributed by atoms with Gasteiger partial charge in [0.15, 0.2) is 5.84 Å². The fourth-order valence-corrected chi connectivity index (χ4v) is 1.82. The summed E-state index contributed by atoms with van der Waals surface area (Å²) in [6, 6.07) is 2.87. The lowest BCUT2D eigenvalue weighted by atomic mass is 10.1. The molecule has 19 heavy (non-hydrogen) atoms. The summed E-state index contributed by atoms with van der Waals surface area (Å²) >= 11 is 5.79. The molecule has 0 aliphatic rings. The van der Waals surface area contributed by atoms with Gasteiger partial charge < -0.3 is 16.3 Å². The van der Waals surface area contributed by atoms with E-state index in [-0.39, 0.29) is 16.4 Å². The molecule has 1 rings (SSSR count). The number of nitrogens with two attached hydrogens (primary N) is 1. The summed E-state index contributed by atoms with van der Waals surface area (Å²) < 4.78 is 12.9. The fourth-order valence-electron chi connectivity index (χ4n) is 1.56. The van der Waals surface area contributed by atoms with E-state index < -0.39 is 17.8 Å². The molecular formula is C12H15ClFN3O2. The highest BCUT2D eigenvalue weighted by atomic mass is 35.5. The van der Waals surface area contributed by atoms with Crippen molar-refractivity contribution in [1.82, 2.24) is 5.32 Å². The molecule has 0 aliphatic carbocycles. The van der Waals surface area contributed by atoms with Gasteiger partial charge in [-0.2, -0.15) is 0 Å². The minimum atomic E-state index is -0.594. The molecular weight excluding hydrogens is 273 g/mol. The Hall–Kier alpha value is -1.82. The van der Waals surface area contributed by atoms with Crippen LogP contribution in [0, 0.1) is 5.82 Å². The van der Waals surface area contributed by atoms with Crippen molar-refractivity contribution >= 4 is 23.3 Å². The summed E-state index contributed by atoms with van der Waals surface area (Å²) in [5.74, 6) is -1.12. The Kier molecular flexibility index (Phi) is 5.57. The second-order valence-corrected chi connectivity index (χ2v) is 4.37. The van der Waals surface area contributed by atoms with E-state index in [4.69, 9.17) is 22.5 Å². The number of nitrogens with zero attached hydrogens (tertiary/aromatic N) is 1. The highest BCUT2D eigenvalue weighted by Crippen LogP contribution is 2.17. The van der Waals surface area contributed by atoms with Crippen molar-refractivity contribution in [2.45, 2.75) is 25.8 Å². The van der Waals surface area contributed by atoms with Crippen molar-refractivity contribution in [2.24, 2.45) is 10.9 Å². The van der Waals surface area contributed by atoms with Crippen LogP contribution in [0.4, 0.5) is 4.39 Å². The van der Waals surface area contributed by atoms with Crippen LogP contribution in [0.5, 0.6) is 0 Å². The molecule has 1 aromatic rings. The Labute approximate surface area is 115 Å². The molecule has 1 unspecified atom stereocenters. The summed E-state index contributed by atoms with van der Waals surface area (Å²) in [6.45, 7) is 1.90. The topological polar surface area (TPSA) is 87.7 Å². The van der Waals surface area contributed by atoms with Gasteiger partial charge in [-0.05, 0) is 24.6 Å². The normalized spacial score (nSPS) is 13.1. The maximum absolute atomic E-state index is 12.9. The summed E-state index contributed by atoms with van der Waals surface area (Å²) in [7, 11) is 0. The first-order valence-corrected chi connectivity index (χ1v) is 6.10. The van der Waals surface area contributed by atoms with Crippen LogP contribution >= 0.6 is 11.6 Å². The van der Waals surface area contributed by atoms with Gasteiger partial charge in [0.2, 0.25) is 0 Å². The van der Waals surface area contributed by atoms with Crippen LogP contribution in [0.25, 0.3) is 0 Å². The van der Waals surface area contributed by atoms with E-state index in [0.29, 0.717) is 6.42 Å². The largest absolute Gasteiger partial charge is 0.409 e. The Bertz CT molecular complexity index is 494. The molecule has 1 aromatic carbocycles. The second-order valence-electron chi connectivity index (χ2n) is 3.96. The number of amidine groups is 1. The van der Waals surface area contributed by atoms with Crippen molar-refractivity contribution in [3.63, 3.8) is 0 Å². The molecule has 0 radical (unpaired) electrons. The molecule has 0 aliphatic heterocycles. The number of hydrogen-bond acceptors (Lipinski definition) is 3. The number of nitrogens with one attached hydrogen (secondary N) is 1. The van der Waals surface area contributed by atoms with Crippen molar-refractivity contribution in [1.29, 1.82) is 0 Å². The first kappa shape index (κ1) is 15.2. The van der Waals surface area contributed by atoms with Crippen LogP contribution in [0.3, 0.4) is 0 Å². The first-order chi connectivity index (χ1) is 8.99. The minimum Gasteiger partial charge on any atom is -0.409 e. The van der Waals surface area contributed by atoms with E-state index >= 15 is 0 Å². The lowest BCUT2D eigenvalue weighted by Crippen LogP contribution is -2.44. The Morgan fingerprint density at radius 2 is 2.32 bits per heavy atom. The van der Waals surface area contributed by atoms with Gasteiger partial charge in [-0.25, -0.2) is 4.39 Å². The summed E-state index contributed by atoms with van der Waals surface area (Å²) in [4.78, 5) is 12.0. The average molecular weight is 288 g/mol. The molecule has 0 saturated heterocycles. The van der Waals surface area contributed by atoms with Gasteiger partial charge in [-0.1, -0.05) is 30.1 Å². The molecule has 1 atom stereocenters. The minimum absolute atomic E-state index is 0.00672. The zero-order valence-electron chi connectivity index (χ0n) is 10.4. The van der Waals surface area contributed by atoms with Crippen LogP contribution < -0.4 is 11.1 Å². The second kappa shape index (κ2) is 6.94. The van der Waals surface area contributed by atoms with Crippen molar-refractivity contribution in [3.05, 3.63) is 34.6 Å². The lowest BCUT2D eigenvalue weighted by molar-refractivity contribution is 0.0945. The third-order valence-electron chi connectivity index (χ3n) is 2.53. The molecule has 5 nitrogen and oxygen atoms in total. The van der Waals surface area contributed by atoms with E-state index in [1.807, 2.05) is 6.92 Å². The molecule has 4 N–H and O–H groups in total. The Balaban J connectivity index is 2.87. The standard InChI is InChI=1S/C12H15ClFN3O2/c1-2-3-10(11(15)17-19)16-12(18)8-5-4-7(14)6-9(8)13/h4-6,10,19H,2-3H2,1H3,(H2,15,17)(H,16,18). The quantitative estimate of drug-likeness (QED) is 0.335. The number of oxime groups is 1. The number of carbonyl (C=O) groups is 1. The van der Waals surface area contributed by atoms with Crippen LogP contribution in [0.2, 0.25) is 5.02 Å². The molecule has 1 amide bonds. The van der Waals surface area contributed by atoms with Gasteiger partial charge in [-0.3, -0.25) is 4.79 Å². The zero-order valence-corrected chi connectivity index (χ0v) is 11.1. The van der Waals surface area contributed by atoms with Gasteiger partial charge in [0, 0.05) is 0 Å². The van der Waals surface area contributed by atoms with Crippen molar-refractivity contribution < 1.29 is 14.4 Å². The maximum atomic E-state index is 12.9. The van der Waals surface area contributed by atoms with Crippen molar-refractivity contribution in [3.8, 4) is 0 Å². The van der Waals surface area contributed by atoms with Gasteiger partial charge in [0.1, 0.15) is 5.82 Å². The summed E-state index contributed by atoms with van der Waals surface area (Å²) in [5.41, 5.74) is 5.62. The first-order valence-electron chi connectivity index (χ1n) is 5.73. The monoisotopic (exact) mass is 287 g/mol. The molecule has 0 fully saturated rings. The van der Waals surface area contributed by atoms with Gasteiger partial charge >= 0.3 is 0 Å². The summed E-state index contributed by atoms with van der Waals surface area (Å²) in [6.07, 6.45) is 1.25. The highest BCUT2D eigenvalue weighted by Gasteiger charge is 2.18. The van der Waals surface area contributed by atoms with Gasteiger partial charge in [0.05, 0.1) is 16.6 Å².